The van der Waals surface area contributed by atoms with Crippen LogP contribution in [-0.2, 0) is 6.54 Å². The molecular formula is C14H14Cl2N2O. The van der Waals surface area contributed by atoms with Crippen molar-refractivity contribution in [3.8, 4) is 11.6 Å². The molecule has 0 aliphatic heterocycles. The molecule has 2 rings (SSSR count). The van der Waals surface area contributed by atoms with Crippen LogP contribution in [0.2, 0.25) is 10.0 Å². The minimum absolute atomic E-state index is 0.504. The highest BCUT2D eigenvalue weighted by Crippen LogP contribution is 2.32. The second-order valence-electron chi connectivity index (χ2n) is 3.92. The molecule has 5 heteroatoms. The first-order valence-corrected chi connectivity index (χ1v) is 6.74. The largest absolute Gasteiger partial charge is 0.437 e. The van der Waals surface area contributed by atoms with Gasteiger partial charge in [0.2, 0.25) is 5.88 Å². The van der Waals surface area contributed by atoms with Crippen LogP contribution in [0.4, 0.5) is 0 Å². The van der Waals surface area contributed by atoms with Crippen molar-refractivity contribution in [2.45, 2.75) is 13.5 Å². The molecule has 0 radical (unpaired) electrons. The van der Waals surface area contributed by atoms with Crippen LogP contribution in [0.25, 0.3) is 0 Å². The number of nitrogens with zero attached hydrogens (tertiary/aromatic N) is 1. The third-order valence-electron chi connectivity index (χ3n) is 2.52. The number of benzene rings is 1. The molecular weight excluding hydrogens is 283 g/mol. The molecule has 1 aromatic heterocycles. The van der Waals surface area contributed by atoms with Crippen LogP contribution < -0.4 is 10.1 Å². The van der Waals surface area contributed by atoms with Crippen molar-refractivity contribution in [1.82, 2.24) is 10.3 Å². The standard InChI is InChI=1S/C14H14Cl2N2O/c1-2-17-9-10-4-3-7-18-14(10)19-13-8-11(15)5-6-12(13)16/h3-8,17H,2,9H2,1H3. The van der Waals surface area contributed by atoms with Crippen molar-refractivity contribution in [2.24, 2.45) is 0 Å². The number of aromatic nitrogens is 1. The van der Waals surface area contributed by atoms with Gasteiger partial charge in [0.25, 0.3) is 0 Å². The number of nitrogens with one attached hydrogen (secondary N) is 1. The molecule has 0 spiro atoms. The topological polar surface area (TPSA) is 34.2 Å². The summed E-state index contributed by atoms with van der Waals surface area (Å²) in [6.45, 7) is 3.62. The van der Waals surface area contributed by atoms with Crippen LogP contribution in [0.1, 0.15) is 12.5 Å². The normalized spacial score (nSPS) is 10.5. The van der Waals surface area contributed by atoms with Crippen molar-refractivity contribution < 1.29 is 4.74 Å². The fourth-order valence-electron chi connectivity index (χ4n) is 1.57. The summed E-state index contributed by atoms with van der Waals surface area (Å²) in [6.07, 6.45) is 1.68. The van der Waals surface area contributed by atoms with Gasteiger partial charge >= 0.3 is 0 Å². The van der Waals surface area contributed by atoms with E-state index in [1.54, 1.807) is 24.4 Å². The highest BCUT2D eigenvalue weighted by molar-refractivity contribution is 6.34. The average Bonchev–Trinajstić information content (AvgIpc) is 2.42. The van der Waals surface area contributed by atoms with Gasteiger partial charge in [0.1, 0.15) is 5.75 Å². The van der Waals surface area contributed by atoms with Gasteiger partial charge in [0, 0.05) is 29.4 Å². The predicted molar refractivity (Wildman–Crippen MR) is 78.2 cm³/mol. The quantitative estimate of drug-likeness (QED) is 0.894. The first-order chi connectivity index (χ1) is 9.20. The third-order valence-corrected chi connectivity index (χ3v) is 3.06. The summed E-state index contributed by atoms with van der Waals surface area (Å²) in [6, 6.07) is 8.93. The molecule has 1 N–H and O–H groups in total. The lowest BCUT2D eigenvalue weighted by molar-refractivity contribution is 0.453. The number of ether oxygens (including phenoxy) is 1. The Labute approximate surface area is 122 Å². The first kappa shape index (κ1) is 14.1. The summed E-state index contributed by atoms with van der Waals surface area (Å²) in [5.41, 5.74) is 0.973. The Hall–Kier alpha value is -1.29. The Balaban J connectivity index is 2.25. The Morgan fingerprint density at radius 2 is 2.11 bits per heavy atom. The number of hydrogen-bond donors (Lipinski definition) is 1. The lowest BCUT2D eigenvalue weighted by Gasteiger charge is -2.11. The van der Waals surface area contributed by atoms with Gasteiger partial charge < -0.3 is 10.1 Å². The Morgan fingerprint density at radius 3 is 2.89 bits per heavy atom. The van der Waals surface area contributed by atoms with Crippen LogP contribution in [-0.4, -0.2) is 11.5 Å². The molecule has 19 heavy (non-hydrogen) atoms. The maximum Gasteiger partial charge on any atom is 0.223 e. The molecule has 0 saturated heterocycles. The molecule has 0 saturated carbocycles. The molecule has 0 fully saturated rings. The Kier molecular flexibility index (Phi) is 5.02. The fraction of sp³-hybridized carbons (Fsp3) is 0.214. The summed E-state index contributed by atoms with van der Waals surface area (Å²) >= 11 is 12.0. The van der Waals surface area contributed by atoms with E-state index in [1.807, 2.05) is 19.1 Å². The lowest BCUT2D eigenvalue weighted by Crippen LogP contribution is -2.12. The van der Waals surface area contributed by atoms with Gasteiger partial charge in [-0.05, 0) is 24.7 Å². The maximum atomic E-state index is 6.08. The maximum absolute atomic E-state index is 6.08. The molecule has 100 valence electrons. The third kappa shape index (κ3) is 3.83. The van der Waals surface area contributed by atoms with Crippen LogP contribution in [0, 0.1) is 0 Å². The van der Waals surface area contributed by atoms with E-state index in [0.29, 0.717) is 28.2 Å². The van der Waals surface area contributed by atoms with E-state index >= 15 is 0 Å². The number of hydrogen-bond acceptors (Lipinski definition) is 3. The fourth-order valence-corrected chi connectivity index (χ4v) is 1.89. The van der Waals surface area contributed by atoms with E-state index in [-0.39, 0.29) is 0 Å². The zero-order valence-corrected chi connectivity index (χ0v) is 12.0. The summed E-state index contributed by atoms with van der Waals surface area (Å²) in [5.74, 6) is 1.04. The van der Waals surface area contributed by atoms with Gasteiger partial charge in [-0.15, -0.1) is 0 Å². The van der Waals surface area contributed by atoms with Gasteiger partial charge in [-0.2, -0.15) is 0 Å². The van der Waals surface area contributed by atoms with Crippen LogP contribution >= 0.6 is 23.2 Å². The lowest BCUT2D eigenvalue weighted by atomic mass is 10.2. The second-order valence-corrected chi connectivity index (χ2v) is 4.77. The van der Waals surface area contributed by atoms with Crippen molar-refractivity contribution in [3.63, 3.8) is 0 Å². The van der Waals surface area contributed by atoms with E-state index in [9.17, 15) is 0 Å². The molecule has 0 unspecified atom stereocenters. The Bertz CT molecular complexity index is 561. The van der Waals surface area contributed by atoms with Crippen LogP contribution in [0.3, 0.4) is 0 Å². The van der Waals surface area contributed by atoms with Gasteiger partial charge in [-0.3, -0.25) is 0 Å². The number of rotatable bonds is 5. The summed E-state index contributed by atoms with van der Waals surface area (Å²) in [4.78, 5) is 4.23. The Morgan fingerprint density at radius 1 is 1.26 bits per heavy atom. The summed E-state index contributed by atoms with van der Waals surface area (Å²) in [5, 5.41) is 4.31. The number of pyridine rings is 1. The molecule has 0 atom stereocenters. The van der Waals surface area contributed by atoms with Gasteiger partial charge in [-0.25, -0.2) is 4.98 Å². The van der Waals surface area contributed by atoms with Crippen molar-refractivity contribution in [2.75, 3.05) is 6.54 Å². The summed E-state index contributed by atoms with van der Waals surface area (Å²) < 4.78 is 5.75. The molecule has 1 heterocycles. The first-order valence-electron chi connectivity index (χ1n) is 5.98. The highest BCUT2D eigenvalue weighted by atomic mass is 35.5. The van der Waals surface area contributed by atoms with E-state index in [4.69, 9.17) is 27.9 Å². The smallest absolute Gasteiger partial charge is 0.223 e. The highest BCUT2D eigenvalue weighted by Gasteiger charge is 2.09. The predicted octanol–water partition coefficient (Wildman–Crippen LogP) is 4.29. The van der Waals surface area contributed by atoms with Crippen molar-refractivity contribution in [1.29, 1.82) is 0 Å². The number of halogens is 2. The SMILES string of the molecule is CCNCc1cccnc1Oc1cc(Cl)ccc1Cl. The van der Waals surface area contributed by atoms with E-state index in [0.717, 1.165) is 12.1 Å². The van der Waals surface area contributed by atoms with Gasteiger partial charge in [0.05, 0.1) is 5.02 Å². The van der Waals surface area contributed by atoms with E-state index in [2.05, 4.69) is 10.3 Å². The van der Waals surface area contributed by atoms with E-state index < -0.39 is 0 Å². The minimum atomic E-state index is 0.504. The zero-order valence-electron chi connectivity index (χ0n) is 10.5. The van der Waals surface area contributed by atoms with Gasteiger partial charge in [0.15, 0.2) is 0 Å². The molecule has 2 aromatic rings. The minimum Gasteiger partial charge on any atom is -0.437 e. The molecule has 0 aliphatic rings. The van der Waals surface area contributed by atoms with E-state index in [1.165, 1.54) is 0 Å². The zero-order chi connectivity index (χ0) is 13.7. The monoisotopic (exact) mass is 296 g/mol. The second kappa shape index (κ2) is 6.75. The molecule has 0 aliphatic carbocycles. The van der Waals surface area contributed by atoms with Crippen molar-refractivity contribution in [3.05, 3.63) is 52.1 Å². The molecule has 1 aromatic carbocycles. The average molecular weight is 297 g/mol. The molecule has 0 amide bonds. The summed E-state index contributed by atoms with van der Waals surface area (Å²) in [7, 11) is 0. The molecule has 3 nitrogen and oxygen atoms in total. The molecule has 0 bridgehead atoms. The van der Waals surface area contributed by atoms with Crippen LogP contribution in [0.15, 0.2) is 36.5 Å². The van der Waals surface area contributed by atoms with Crippen molar-refractivity contribution >= 4 is 23.2 Å². The van der Waals surface area contributed by atoms with Gasteiger partial charge in [-0.1, -0.05) is 36.2 Å². The van der Waals surface area contributed by atoms with Crippen LogP contribution in [0.5, 0.6) is 11.6 Å².